The molecule has 0 aromatic heterocycles. The molecule has 0 heterocycles. The maximum Gasteiger partial charge on any atom is 0.202 e. The maximum atomic E-state index is 12.9. The zero-order chi connectivity index (χ0) is 19.7. The molecule has 2 atom stereocenters. The van der Waals surface area contributed by atoms with Gasteiger partial charge in [-0.05, 0) is 12.5 Å². The van der Waals surface area contributed by atoms with Crippen molar-refractivity contribution in [3.05, 3.63) is 51.6 Å². The molecular weight excluding hydrogens is 352 g/mol. The van der Waals surface area contributed by atoms with Crippen molar-refractivity contribution in [3.63, 3.8) is 0 Å². The summed E-state index contributed by atoms with van der Waals surface area (Å²) in [7, 11) is 0. The number of hydrogen-bond donors (Lipinski definition) is 5. The fourth-order valence-corrected chi connectivity index (χ4v) is 4.13. The first kappa shape index (κ1) is 17.5. The van der Waals surface area contributed by atoms with Gasteiger partial charge in [-0.25, -0.2) is 0 Å². The van der Waals surface area contributed by atoms with E-state index >= 15 is 0 Å². The van der Waals surface area contributed by atoms with E-state index in [9.17, 15) is 35.1 Å². The SMILES string of the molecule is CC[C@]1(O)Cc2c(O)c3c(c(O)c2[C@@H](O)C1)C(=O)c1c(O)cccc1C3=O. The topological polar surface area (TPSA) is 135 Å². The molecule has 27 heavy (non-hydrogen) atoms. The molecule has 140 valence electrons. The van der Waals surface area contributed by atoms with Crippen LogP contribution in [0.1, 0.15) is 68.8 Å². The minimum atomic E-state index is -1.32. The van der Waals surface area contributed by atoms with E-state index in [0.717, 1.165) is 0 Å². The van der Waals surface area contributed by atoms with Crippen LogP contribution in [0.15, 0.2) is 18.2 Å². The number of carbonyl (C=O) groups excluding carboxylic acids is 2. The number of ketones is 2. The molecule has 0 radical (unpaired) electrons. The highest BCUT2D eigenvalue weighted by Gasteiger charge is 2.44. The van der Waals surface area contributed by atoms with Crippen molar-refractivity contribution in [1.82, 2.24) is 0 Å². The van der Waals surface area contributed by atoms with E-state index in [1.165, 1.54) is 18.2 Å². The maximum absolute atomic E-state index is 12.9. The number of carbonyl (C=O) groups is 2. The van der Waals surface area contributed by atoms with Gasteiger partial charge in [0.25, 0.3) is 0 Å². The number of phenolic OH excluding ortho intramolecular Hbond substituents is 3. The minimum Gasteiger partial charge on any atom is -0.507 e. The first-order valence-electron chi connectivity index (χ1n) is 8.62. The Kier molecular flexibility index (Phi) is 3.60. The summed E-state index contributed by atoms with van der Waals surface area (Å²) in [6.45, 7) is 1.72. The van der Waals surface area contributed by atoms with Crippen LogP contribution >= 0.6 is 0 Å². The van der Waals surface area contributed by atoms with Crippen LogP contribution in [0.3, 0.4) is 0 Å². The number of fused-ring (bicyclic) bond motifs is 3. The molecule has 0 unspecified atom stereocenters. The Morgan fingerprint density at radius 1 is 1.04 bits per heavy atom. The largest absolute Gasteiger partial charge is 0.507 e. The van der Waals surface area contributed by atoms with Gasteiger partial charge in [-0.1, -0.05) is 19.1 Å². The van der Waals surface area contributed by atoms with Crippen LogP contribution in [0, 0.1) is 0 Å². The summed E-state index contributed by atoms with van der Waals surface area (Å²) in [4.78, 5) is 25.8. The van der Waals surface area contributed by atoms with Crippen molar-refractivity contribution in [2.24, 2.45) is 0 Å². The van der Waals surface area contributed by atoms with Crippen molar-refractivity contribution < 1.29 is 35.1 Å². The molecule has 0 aliphatic heterocycles. The first-order valence-corrected chi connectivity index (χ1v) is 8.62. The molecule has 0 bridgehead atoms. The highest BCUT2D eigenvalue weighted by molar-refractivity contribution is 6.31. The number of hydrogen-bond acceptors (Lipinski definition) is 7. The van der Waals surface area contributed by atoms with Crippen LogP contribution < -0.4 is 0 Å². The van der Waals surface area contributed by atoms with Gasteiger partial charge in [-0.15, -0.1) is 0 Å². The average molecular weight is 370 g/mol. The van der Waals surface area contributed by atoms with E-state index in [1.807, 2.05) is 0 Å². The predicted molar refractivity (Wildman–Crippen MR) is 93.3 cm³/mol. The monoisotopic (exact) mass is 370 g/mol. The van der Waals surface area contributed by atoms with Crippen molar-refractivity contribution in [2.45, 2.75) is 37.9 Å². The van der Waals surface area contributed by atoms with E-state index in [-0.39, 0.29) is 40.7 Å². The van der Waals surface area contributed by atoms with Gasteiger partial charge in [0.15, 0.2) is 5.78 Å². The first-order chi connectivity index (χ1) is 12.7. The molecule has 2 aromatic rings. The summed E-state index contributed by atoms with van der Waals surface area (Å²) < 4.78 is 0. The molecule has 2 aliphatic carbocycles. The number of phenols is 3. The van der Waals surface area contributed by atoms with Gasteiger partial charge in [0, 0.05) is 29.5 Å². The summed E-state index contributed by atoms with van der Waals surface area (Å²) >= 11 is 0. The highest BCUT2D eigenvalue weighted by atomic mass is 16.3. The van der Waals surface area contributed by atoms with Crippen LogP contribution in [-0.4, -0.2) is 42.7 Å². The third kappa shape index (κ3) is 2.22. The van der Waals surface area contributed by atoms with Crippen molar-refractivity contribution in [1.29, 1.82) is 0 Å². The summed E-state index contributed by atoms with van der Waals surface area (Å²) in [6, 6.07) is 4.01. The van der Waals surface area contributed by atoms with Crippen LogP contribution in [0.4, 0.5) is 0 Å². The van der Waals surface area contributed by atoms with Crippen molar-refractivity contribution >= 4 is 11.6 Å². The zero-order valence-electron chi connectivity index (χ0n) is 14.5. The van der Waals surface area contributed by atoms with Gasteiger partial charge in [-0.3, -0.25) is 9.59 Å². The number of rotatable bonds is 1. The highest BCUT2D eigenvalue weighted by Crippen LogP contribution is 2.51. The summed E-state index contributed by atoms with van der Waals surface area (Å²) in [5, 5.41) is 52.6. The second-order valence-electron chi connectivity index (χ2n) is 7.17. The third-order valence-corrected chi connectivity index (χ3v) is 5.63. The quantitative estimate of drug-likeness (QED) is 0.411. The molecular formula is C20H18O7. The molecule has 7 heteroatoms. The van der Waals surface area contributed by atoms with E-state index in [0.29, 0.717) is 6.42 Å². The fourth-order valence-electron chi connectivity index (χ4n) is 4.13. The van der Waals surface area contributed by atoms with Crippen LogP contribution in [-0.2, 0) is 6.42 Å². The number of benzene rings is 2. The van der Waals surface area contributed by atoms with Crippen LogP contribution in [0.5, 0.6) is 17.2 Å². The lowest BCUT2D eigenvalue weighted by atomic mass is 9.72. The van der Waals surface area contributed by atoms with Crippen molar-refractivity contribution in [2.75, 3.05) is 0 Å². The van der Waals surface area contributed by atoms with E-state index in [4.69, 9.17) is 0 Å². The van der Waals surface area contributed by atoms with Crippen molar-refractivity contribution in [3.8, 4) is 17.2 Å². The second-order valence-corrected chi connectivity index (χ2v) is 7.17. The van der Waals surface area contributed by atoms with Gasteiger partial charge in [0.1, 0.15) is 17.2 Å². The Morgan fingerprint density at radius 3 is 2.37 bits per heavy atom. The van der Waals surface area contributed by atoms with Gasteiger partial charge in [-0.2, -0.15) is 0 Å². The Morgan fingerprint density at radius 2 is 1.70 bits per heavy atom. The predicted octanol–water partition coefficient (Wildman–Crippen LogP) is 1.70. The Balaban J connectivity index is 2.05. The number of aliphatic hydroxyl groups excluding tert-OH is 1. The Hall–Kier alpha value is -2.90. The Labute approximate surface area is 154 Å². The van der Waals surface area contributed by atoms with Crippen LogP contribution in [0.2, 0.25) is 0 Å². The molecule has 0 spiro atoms. The van der Waals surface area contributed by atoms with Gasteiger partial charge in [0.05, 0.1) is 28.4 Å². The summed E-state index contributed by atoms with van der Waals surface area (Å²) in [5.41, 5.74) is -2.46. The molecule has 7 nitrogen and oxygen atoms in total. The molecule has 4 rings (SSSR count). The van der Waals surface area contributed by atoms with E-state index < -0.39 is 46.1 Å². The number of aromatic hydroxyl groups is 3. The summed E-state index contributed by atoms with van der Waals surface area (Å²) in [5.74, 6) is -3.07. The molecule has 0 saturated heterocycles. The molecule has 2 aliphatic rings. The third-order valence-electron chi connectivity index (χ3n) is 5.63. The minimum absolute atomic E-state index is 0.0547. The van der Waals surface area contributed by atoms with Gasteiger partial charge < -0.3 is 25.5 Å². The normalized spacial score (nSPS) is 23.6. The second kappa shape index (κ2) is 5.55. The standard InChI is InChI=1S/C20H18O7/c1-2-20(27)6-9-13(11(22)7-20)19(26)15-14(17(9)24)16(23)8-4-3-5-10(21)12(8)18(15)25/h3-5,11,21-22,24,26-27H,2,6-7H2,1H3/t11-,20-/m0/s1. The fraction of sp³-hybridized carbons (Fsp3) is 0.300. The van der Waals surface area contributed by atoms with E-state index in [2.05, 4.69) is 0 Å². The smallest absolute Gasteiger partial charge is 0.202 e. The molecule has 5 N–H and O–H groups in total. The Bertz CT molecular complexity index is 1020. The number of aliphatic hydroxyl groups is 2. The van der Waals surface area contributed by atoms with Gasteiger partial charge in [0.2, 0.25) is 5.78 Å². The lowest BCUT2D eigenvalue weighted by Gasteiger charge is -2.37. The molecule has 0 amide bonds. The lowest BCUT2D eigenvalue weighted by Crippen LogP contribution is -2.38. The van der Waals surface area contributed by atoms with E-state index in [1.54, 1.807) is 6.92 Å². The lowest BCUT2D eigenvalue weighted by molar-refractivity contribution is -0.0260. The van der Waals surface area contributed by atoms with Crippen LogP contribution in [0.25, 0.3) is 0 Å². The molecule has 2 aromatic carbocycles. The zero-order valence-corrected chi connectivity index (χ0v) is 14.5. The average Bonchev–Trinajstić information content (AvgIpc) is 2.62. The van der Waals surface area contributed by atoms with Gasteiger partial charge >= 0.3 is 0 Å². The molecule has 0 saturated carbocycles. The molecule has 0 fully saturated rings. The summed E-state index contributed by atoms with van der Waals surface area (Å²) in [6.07, 6.45) is -1.17.